The molecule has 0 saturated heterocycles. The third-order valence-corrected chi connectivity index (χ3v) is 2.44. The molecule has 0 atom stereocenters. The van der Waals surface area contributed by atoms with Crippen LogP contribution < -0.4 is 10.6 Å². The second-order valence-electron chi connectivity index (χ2n) is 3.64. The molecule has 0 radical (unpaired) electrons. The van der Waals surface area contributed by atoms with Crippen LogP contribution in [0.25, 0.3) is 0 Å². The van der Waals surface area contributed by atoms with Crippen molar-refractivity contribution >= 4 is 5.82 Å². The van der Waals surface area contributed by atoms with E-state index in [2.05, 4.69) is 35.9 Å². The minimum absolute atomic E-state index is 0.688. The second kappa shape index (κ2) is 6.40. The van der Waals surface area contributed by atoms with Gasteiger partial charge in [0.25, 0.3) is 0 Å². The first-order chi connectivity index (χ1) is 7.31. The Hall–Kier alpha value is -1.09. The highest BCUT2D eigenvalue weighted by Crippen LogP contribution is 2.11. The number of aromatic nitrogens is 1. The van der Waals surface area contributed by atoms with Gasteiger partial charge >= 0.3 is 0 Å². The molecule has 3 nitrogen and oxygen atoms in total. The molecule has 0 spiro atoms. The highest BCUT2D eigenvalue weighted by atomic mass is 15.2. The Morgan fingerprint density at radius 1 is 1.33 bits per heavy atom. The fraction of sp³-hybridized carbons (Fsp3) is 0.583. The summed E-state index contributed by atoms with van der Waals surface area (Å²) in [6.07, 6.45) is 3.99. The minimum Gasteiger partial charge on any atom is -0.357 e. The molecule has 0 amide bonds. The van der Waals surface area contributed by atoms with Crippen molar-refractivity contribution in [2.45, 2.75) is 26.7 Å². The van der Waals surface area contributed by atoms with Crippen LogP contribution in [0.3, 0.4) is 0 Å². The Kier molecular flexibility index (Phi) is 5.12. The van der Waals surface area contributed by atoms with Gasteiger partial charge in [0.2, 0.25) is 0 Å². The highest BCUT2D eigenvalue weighted by molar-refractivity contribution is 5.39. The fourth-order valence-corrected chi connectivity index (χ4v) is 1.62. The van der Waals surface area contributed by atoms with Gasteiger partial charge in [0.05, 0.1) is 0 Å². The van der Waals surface area contributed by atoms with E-state index >= 15 is 0 Å². The van der Waals surface area contributed by atoms with E-state index in [1.807, 2.05) is 6.20 Å². The molecule has 0 saturated carbocycles. The molecular formula is C12H21N3. The number of anilines is 1. The maximum Gasteiger partial charge on any atom is 0.128 e. The van der Waals surface area contributed by atoms with Gasteiger partial charge in [-0.1, -0.05) is 13.0 Å². The summed E-state index contributed by atoms with van der Waals surface area (Å²) in [5.41, 5.74) is 6.71. The van der Waals surface area contributed by atoms with Crippen LogP contribution in [-0.2, 0) is 6.42 Å². The number of nitrogens with two attached hydrogens (primary N) is 1. The Morgan fingerprint density at radius 3 is 2.60 bits per heavy atom. The summed E-state index contributed by atoms with van der Waals surface area (Å²) in [5.74, 6) is 1.07. The van der Waals surface area contributed by atoms with Gasteiger partial charge in [0.15, 0.2) is 0 Å². The molecule has 0 bridgehead atoms. The molecule has 0 fully saturated rings. The minimum atomic E-state index is 0.688. The Balaban J connectivity index is 2.68. The standard InChI is InChI=1S/C12H21N3/c1-3-9-15(4-2)12-6-5-11(7-8-13)10-14-12/h5-6,10H,3-4,7-9,13H2,1-2H3. The molecule has 15 heavy (non-hydrogen) atoms. The summed E-state index contributed by atoms with van der Waals surface area (Å²) in [6, 6.07) is 4.21. The van der Waals surface area contributed by atoms with Crippen molar-refractivity contribution < 1.29 is 0 Å². The van der Waals surface area contributed by atoms with Gasteiger partial charge in [-0.3, -0.25) is 0 Å². The van der Waals surface area contributed by atoms with E-state index in [9.17, 15) is 0 Å². The van der Waals surface area contributed by atoms with Crippen LogP contribution in [0.2, 0.25) is 0 Å². The van der Waals surface area contributed by atoms with E-state index in [0.717, 1.165) is 31.7 Å². The lowest BCUT2D eigenvalue weighted by Gasteiger charge is -2.21. The zero-order chi connectivity index (χ0) is 11.1. The Morgan fingerprint density at radius 2 is 2.13 bits per heavy atom. The number of hydrogen-bond acceptors (Lipinski definition) is 3. The monoisotopic (exact) mass is 207 g/mol. The van der Waals surface area contributed by atoms with Crippen LogP contribution in [0.4, 0.5) is 5.82 Å². The largest absolute Gasteiger partial charge is 0.357 e. The smallest absolute Gasteiger partial charge is 0.128 e. The maximum absolute atomic E-state index is 5.49. The Bertz CT molecular complexity index is 269. The van der Waals surface area contributed by atoms with E-state index in [1.165, 1.54) is 5.56 Å². The first-order valence-electron chi connectivity index (χ1n) is 5.71. The van der Waals surface area contributed by atoms with E-state index in [1.54, 1.807) is 0 Å². The zero-order valence-electron chi connectivity index (χ0n) is 9.74. The molecule has 1 aromatic heterocycles. The molecule has 1 rings (SSSR count). The summed E-state index contributed by atoms with van der Waals surface area (Å²) in [7, 11) is 0. The predicted molar refractivity (Wildman–Crippen MR) is 65.2 cm³/mol. The van der Waals surface area contributed by atoms with Crippen molar-refractivity contribution in [1.82, 2.24) is 4.98 Å². The van der Waals surface area contributed by atoms with E-state index in [0.29, 0.717) is 6.54 Å². The van der Waals surface area contributed by atoms with Gasteiger partial charge in [-0.05, 0) is 37.9 Å². The molecule has 84 valence electrons. The van der Waals surface area contributed by atoms with Crippen LogP contribution in [0.1, 0.15) is 25.8 Å². The lowest BCUT2D eigenvalue weighted by atomic mass is 10.2. The van der Waals surface area contributed by atoms with Gasteiger partial charge < -0.3 is 10.6 Å². The predicted octanol–water partition coefficient (Wildman–Crippen LogP) is 1.82. The number of nitrogens with zero attached hydrogens (tertiary/aromatic N) is 2. The number of pyridine rings is 1. The summed E-state index contributed by atoms with van der Waals surface area (Å²) in [4.78, 5) is 6.74. The summed E-state index contributed by atoms with van der Waals surface area (Å²) in [6.45, 7) is 7.11. The zero-order valence-corrected chi connectivity index (χ0v) is 9.74. The summed E-state index contributed by atoms with van der Waals surface area (Å²) in [5, 5.41) is 0. The fourth-order valence-electron chi connectivity index (χ4n) is 1.62. The first kappa shape index (κ1) is 12.0. The van der Waals surface area contributed by atoms with Crippen LogP contribution in [0, 0.1) is 0 Å². The second-order valence-corrected chi connectivity index (χ2v) is 3.64. The average Bonchev–Trinajstić information content (AvgIpc) is 2.28. The first-order valence-corrected chi connectivity index (χ1v) is 5.71. The van der Waals surface area contributed by atoms with Crippen LogP contribution >= 0.6 is 0 Å². The average molecular weight is 207 g/mol. The molecular weight excluding hydrogens is 186 g/mol. The van der Waals surface area contributed by atoms with Crippen molar-refractivity contribution in [1.29, 1.82) is 0 Å². The molecule has 2 N–H and O–H groups in total. The number of hydrogen-bond donors (Lipinski definition) is 1. The molecule has 0 aliphatic rings. The van der Waals surface area contributed by atoms with E-state index < -0.39 is 0 Å². The Labute approximate surface area is 92.3 Å². The van der Waals surface area contributed by atoms with Gasteiger partial charge in [0.1, 0.15) is 5.82 Å². The van der Waals surface area contributed by atoms with Crippen molar-refractivity contribution in [3.63, 3.8) is 0 Å². The van der Waals surface area contributed by atoms with E-state index in [-0.39, 0.29) is 0 Å². The maximum atomic E-state index is 5.49. The van der Waals surface area contributed by atoms with Crippen molar-refractivity contribution in [2.24, 2.45) is 5.73 Å². The van der Waals surface area contributed by atoms with Crippen LogP contribution in [-0.4, -0.2) is 24.6 Å². The molecule has 0 aliphatic heterocycles. The quantitative estimate of drug-likeness (QED) is 0.773. The lowest BCUT2D eigenvalue weighted by Crippen LogP contribution is -2.24. The molecule has 1 heterocycles. The van der Waals surface area contributed by atoms with Crippen molar-refractivity contribution in [2.75, 3.05) is 24.5 Å². The third-order valence-electron chi connectivity index (χ3n) is 2.44. The van der Waals surface area contributed by atoms with Crippen molar-refractivity contribution in [3.8, 4) is 0 Å². The highest BCUT2D eigenvalue weighted by Gasteiger charge is 2.03. The van der Waals surface area contributed by atoms with Gasteiger partial charge in [-0.2, -0.15) is 0 Å². The summed E-state index contributed by atoms with van der Waals surface area (Å²) < 4.78 is 0. The van der Waals surface area contributed by atoms with E-state index in [4.69, 9.17) is 5.73 Å². The number of rotatable bonds is 6. The van der Waals surface area contributed by atoms with Crippen molar-refractivity contribution in [3.05, 3.63) is 23.9 Å². The normalized spacial score (nSPS) is 10.3. The lowest BCUT2D eigenvalue weighted by molar-refractivity contribution is 0.777. The van der Waals surface area contributed by atoms with Gasteiger partial charge in [-0.25, -0.2) is 4.98 Å². The molecule has 0 aliphatic carbocycles. The molecule has 3 heteroatoms. The molecule has 1 aromatic rings. The van der Waals surface area contributed by atoms with Crippen LogP contribution in [0.5, 0.6) is 0 Å². The van der Waals surface area contributed by atoms with Crippen LogP contribution in [0.15, 0.2) is 18.3 Å². The SMILES string of the molecule is CCCN(CC)c1ccc(CCN)cn1. The molecule has 0 unspecified atom stereocenters. The topological polar surface area (TPSA) is 42.1 Å². The molecule has 0 aromatic carbocycles. The third kappa shape index (κ3) is 3.51. The summed E-state index contributed by atoms with van der Waals surface area (Å²) >= 11 is 0. The van der Waals surface area contributed by atoms with Gasteiger partial charge in [0, 0.05) is 19.3 Å². The van der Waals surface area contributed by atoms with Gasteiger partial charge in [-0.15, -0.1) is 0 Å².